The van der Waals surface area contributed by atoms with Gasteiger partial charge in [-0.1, -0.05) is 13.8 Å². The molecule has 0 atom stereocenters. The second-order valence-electron chi connectivity index (χ2n) is 4.31. The van der Waals surface area contributed by atoms with Gasteiger partial charge in [-0.15, -0.1) is 0 Å². The Balaban J connectivity index is 2.47. The molecule has 1 aliphatic heterocycles. The molecule has 0 aliphatic carbocycles. The van der Waals surface area contributed by atoms with Crippen molar-refractivity contribution in [1.82, 2.24) is 4.98 Å². The van der Waals surface area contributed by atoms with Crippen molar-refractivity contribution in [2.45, 2.75) is 19.3 Å². The summed E-state index contributed by atoms with van der Waals surface area (Å²) in [7, 11) is 1.39. The topological polar surface area (TPSA) is 42.4 Å². The summed E-state index contributed by atoms with van der Waals surface area (Å²) in [6.45, 7) is 4.76. The summed E-state index contributed by atoms with van der Waals surface area (Å²) >= 11 is 0. The van der Waals surface area contributed by atoms with Crippen LogP contribution in [0.2, 0.25) is 0 Å². The molecule has 0 saturated carbocycles. The van der Waals surface area contributed by atoms with Gasteiger partial charge in [0.05, 0.1) is 18.5 Å². The summed E-state index contributed by atoms with van der Waals surface area (Å²) < 4.78 is 4.74. The number of carbonyl (C=O) groups excluding carboxylic acids is 1. The molecule has 0 spiro atoms. The smallest absolute Gasteiger partial charge is 0.414 e. The molecule has 0 radical (unpaired) electrons. The highest BCUT2D eigenvalue weighted by atomic mass is 16.5. The first-order chi connectivity index (χ1) is 7.06. The quantitative estimate of drug-likeness (QED) is 0.651. The largest absolute Gasteiger partial charge is 0.452 e. The lowest BCUT2D eigenvalue weighted by Gasteiger charge is -2.18. The average Bonchev–Trinajstić information content (AvgIpc) is 2.51. The first-order valence-corrected chi connectivity index (χ1v) is 4.87. The molecule has 1 aromatic rings. The van der Waals surface area contributed by atoms with Gasteiger partial charge < -0.3 is 4.74 Å². The van der Waals surface area contributed by atoms with Crippen molar-refractivity contribution in [3.8, 4) is 0 Å². The fourth-order valence-corrected chi connectivity index (χ4v) is 1.96. The predicted molar refractivity (Wildman–Crippen MR) is 57.0 cm³/mol. The minimum absolute atomic E-state index is 0.106. The number of pyridine rings is 1. The Bertz CT molecular complexity index is 401. The van der Waals surface area contributed by atoms with E-state index >= 15 is 0 Å². The molecule has 1 aliphatic rings. The second-order valence-corrected chi connectivity index (χ2v) is 4.31. The molecular weight excluding hydrogens is 192 g/mol. The van der Waals surface area contributed by atoms with Gasteiger partial charge >= 0.3 is 6.09 Å². The summed E-state index contributed by atoms with van der Waals surface area (Å²) in [6, 6.07) is 3.73. The standard InChI is InChI=1S/C11H14N2O2/c1-11(2)7-13(10(14)15-3)8-5-4-6-12-9(8)11/h4-6H,7H2,1-3H3. The first kappa shape index (κ1) is 9.96. The van der Waals surface area contributed by atoms with Crippen molar-refractivity contribution in [2.75, 3.05) is 18.6 Å². The number of aromatic nitrogens is 1. The van der Waals surface area contributed by atoms with Crippen molar-refractivity contribution in [3.63, 3.8) is 0 Å². The molecule has 0 unspecified atom stereocenters. The molecule has 15 heavy (non-hydrogen) atoms. The van der Waals surface area contributed by atoms with Crippen molar-refractivity contribution in [3.05, 3.63) is 24.0 Å². The maximum absolute atomic E-state index is 11.5. The van der Waals surface area contributed by atoms with Crippen LogP contribution < -0.4 is 4.90 Å². The highest BCUT2D eigenvalue weighted by Gasteiger charge is 2.39. The second kappa shape index (κ2) is 3.22. The van der Waals surface area contributed by atoms with Crippen molar-refractivity contribution in [1.29, 1.82) is 0 Å². The summed E-state index contributed by atoms with van der Waals surface area (Å²) in [6.07, 6.45) is 1.43. The lowest BCUT2D eigenvalue weighted by molar-refractivity contribution is 0.178. The molecule has 0 bridgehead atoms. The fraction of sp³-hybridized carbons (Fsp3) is 0.455. The Hall–Kier alpha value is -1.58. The molecule has 0 fully saturated rings. The van der Waals surface area contributed by atoms with Crippen LogP contribution in [0.4, 0.5) is 10.5 Å². The normalized spacial score (nSPS) is 17.4. The molecule has 0 aromatic carbocycles. The molecule has 0 saturated heterocycles. The minimum atomic E-state index is -0.324. The van der Waals surface area contributed by atoms with Crippen molar-refractivity contribution < 1.29 is 9.53 Å². The predicted octanol–water partition coefficient (Wildman–Crippen LogP) is 1.95. The van der Waals surface area contributed by atoms with E-state index < -0.39 is 0 Å². The van der Waals surface area contributed by atoms with Crippen LogP contribution in [-0.4, -0.2) is 24.7 Å². The molecule has 4 nitrogen and oxygen atoms in total. The SMILES string of the molecule is COC(=O)N1CC(C)(C)c2ncccc21. The number of anilines is 1. The van der Waals surface area contributed by atoms with Gasteiger partial charge in [0.25, 0.3) is 0 Å². The van der Waals surface area contributed by atoms with Gasteiger partial charge in [0.2, 0.25) is 0 Å². The zero-order chi connectivity index (χ0) is 11.1. The van der Waals surface area contributed by atoms with Crippen molar-refractivity contribution >= 4 is 11.8 Å². The third kappa shape index (κ3) is 1.46. The molecular formula is C11H14N2O2. The lowest BCUT2D eigenvalue weighted by Crippen LogP contribution is -2.33. The first-order valence-electron chi connectivity index (χ1n) is 4.87. The number of hydrogen-bond acceptors (Lipinski definition) is 3. The van der Waals surface area contributed by atoms with E-state index in [4.69, 9.17) is 4.74 Å². The Morgan fingerprint density at radius 2 is 2.33 bits per heavy atom. The van der Waals surface area contributed by atoms with Crippen LogP contribution in [0.3, 0.4) is 0 Å². The monoisotopic (exact) mass is 206 g/mol. The van der Waals surface area contributed by atoms with E-state index in [2.05, 4.69) is 18.8 Å². The van der Waals surface area contributed by atoms with E-state index in [0.29, 0.717) is 6.54 Å². The molecule has 4 heteroatoms. The van der Waals surface area contributed by atoms with E-state index in [1.54, 1.807) is 11.1 Å². The van der Waals surface area contributed by atoms with E-state index in [1.807, 2.05) is 12.1 Å². The van der Waals surface area contributed by atoms with Crippen LogP contribution in [0.5, 0.6) is 0 Å². The van der Waals surface area contributed by atoms with Crippen LogP contribution in [-0.2, 0) is 10.2 Å². The minimum Gasteiger partial charge on any atom is -0.452 e. The highest BCUT2D eigenvalue weighted by Crippen LogP contribution is 2.38. The number of carbonyl (C=O) groups is 1. The van der Waals surface area contributed by atoms with Gasteiger partial charge in [0, 0.05) is 18.2 Å². The van der Waals surface area contributed by atoms with E-state index in [9.17, 15) is 4.79 Å². The number of methoxy groups -OCH3 is 1. The van der Waals surface area contributed by atoms with Gasteiger partial charge in [-0.2, -0.15) is 0 Å². The summed E-state index contributed by atoms with van der Waals surface area (Å²) in [5, 5.41) is 0. The maximum atomic E-state index is 11.5. The number of ether oxygens (including phenoxy) is 1. The van der Waals surface area contributed by atoms with Crippen LogP contribution in [0, 0.1) is 0 Å². The van der Waals surface area contributed by atoms with Gasteiger partial charge in [0.15, 0.2) is 0 Å². The van der Waals surface area contributed by atoms with Crippen LogP contribution in [0.25, 0.3) is 0 Å². The zero-order valence-electron chi connectivity index (χ0n) is 9.15. The van der Waals surface area contributed by atoms with Crippen molar-refractivity contribution in [2.24, 2.45) is 0 Å². The fourth-order valence-electron chi connectivity index (χ4n) is 1.96. The number of amides is 1. The summed E-state index contributed by atoms with van der Waals surface area (Å²) in [4.78, 5) is 17.5. The molecule has 1 amide bonds. The van der Waals surface area contributed by atoms with E-state index in [0.717, 1.165) is 11.4 Å². The molecule has 2 heterocycles. The van der Waals surface area contributed by atoms with Crippen LogP contribution in [0.1, 0.15) is 19.5 Å². The highest BCUT2D eigenvalue weighted by molar-refractivity contribution is 5.90. The molecule has 80 valence electrons. The third-order valence-electron chi connectivity index (χ3n) is 2.67. The van der Waals surface area contributed by atoms with Gasteiger partial charge in [-0.05, 0) is 12.1 Å². The van der Waals surface area contributed by atoms with Gasteiger partial charge in [0.1, 0.15) is 0 Å². The average molecular weight is 206 g/mol. The van der Waals surface area contributed by atoms with E-state index in [-0.39, 0.29) is 11.5 Å². The third-order valence-corrected chi connectivity index (χ3v) is 2.67. The van der Waals surface area contributed by atoms with E-state index in [1.165, 1.54) is 7.11 Å². The number of nitrogens with zero attached hydrogens (tertiary/aromatic N) is 2. The van der Waals surface area contributed by atoms with Gasteiger partial charge in [-0.3, -0.25) is 9.88 Å². The lowest BCUT2D eigenvalue weighted by atomic mass is 9.91. The number of hydrogen-bond donors (Lipinski definition) is 0. The Labute approximate surface area is 88.9 Å². The zero-order valence-corrected chi connectivity index (χ0v) is 9.15. The van der Waals surface area contributed by atoms with Crippen LogP contribution >= 0.6 is 0 Å². The summed E-state index contributed by atoms with van der Waals surface area (Å²) in [5.74, 6) is 0. The number of rotatable bonds is 0. The molecule has 0 N–H and O–H groups in total. The Kier molecular flexibility index (Phi) is 2.14. The Morgan fingerprint density at radius 1 is 1.60 bits per heavy atom. The summed E-state index contributed by atoms with van der Waals surface area (Å²) in [5.41, 5.74) is 1.70. The molecule has 2 rings (SSSR count). The number of fused-ring (bicyclic) bond motifs is 1. The maximum Gasteiger partial charge on any atom is 0.414 e. The Morgan fingerprint density at radius 3 is 3.00 bits per heavy atom. The van der Waals surface area contributed by atoms with Crippen LogP contribution in [0.15, 0.2) is 18.3 Å². The molecule has 1 aromatic heterocycles. The van der Waals surface area contributed by atoms with Gasteiger partial charge in [-0.25, -0.2) is 4.79 Å².